The van der Waals surface area contributed by atoms with Crippen molar-refractivity contribution in [2.24, 2.45) is 5.10 Å². The van der Waals surface area contributed by atoms with Crippen LogP contribution in [0.3, 0.4) is 0 Å². The van der Waals surface area contributed by atoms with Crippen molar-refractivity contribution in [2.45, 2.75) is 38.1 Å². The molecule has 0 saturated heterocycles. The Morgan fingerprint density at radius 1 is 1.15 bits per heavy atom. The van der Waals surface area contributed by atoms with Crippen LogP contribution in [0.5, 0.6) is 0 Å². The van der Waals surface area contributed by atoms with Gasteiger partial charge in [0.15, 0.2) is 0 Å². The van der Waals surface area contributed by atoms with E-state index in [-0.39, 0.29) is 4.90 Å². The van der Waals surface area contributed by atoms with Crippen LogP contribution in [0, 0.1) is 6.92 Å². The molecule has 7 nitrogen and oxygen atoms in total. The number of hydrogen-bond acceptors (Lipinski definition) is 5. The first-order valence-corrected chi connectivity index (χ1v) is 9.90. The van der Waals surface area contributed by atoms with Gasteiger partial charge in [0.2, 0.25) is 0 Å². The van der Waals surface area contributed by atoms with Crippen LogP contribution in [-0.2, 0) is 16.6 Å². The normalized spacial score (nSPS) is 12.5. The van der Waals surface area contributed by atoms with Crippen LogP contribution in [0.4, 0.5) is 0 Å². The lowest BCUT2D eigenvalue weighted by Gasteiger charge is -2.08. The Morgan fingerprint density at radius 2 is 1.88 bits per heavy atom. The summed E-state index contributed by atoms with van der Waals surface area (Å²) in [7, 11) is -3.69. The van der Waals surface area contributed by atoms with E-state index in [4.69, 9.17) is 0 Å². The first-order chi connectivity index (χ1) is 12.5. The Kier molecular flexibility index (Phi) is 5.32. The van der Waals surface area contributed by atoms with E-state index >= 15 is 0 Å². The zero-order chi connectivity index (χ0) is 18.6. The second kappa shape index (κ2) is 7.65. The fourth-order valence-corrected chi connectivity index (χ4v) is 3.41. The second-order valence-electron chi connectivity index (χ2n) is 6.07. The first-order valence-electron chi connectivity index (χ1n) is 8.42. The van der Waals surface area contributed by atoms with Gasteiger partial charge in [0.05, 0.1) is 22.7 Å². The van der Waals surface area contributed by atoms with Gasteiger partial charge in [-0.05, 0) is 37.6 Å². The molecule has 0 atom stereocenters. The summed E-state index contributed by atoms with van der Waals surface area (Å²) >= 11 is 0. The van der Waals surface area contributed by atoms with Crippen molar-refractivity contribution in [2.75, 3.05) is 0 Å². The Morgan fingerprint density at radius 3 is 2.62 bits per heavy atom. The number of fused-ring (bicyclic) bond motifs is 1. The first kappa shape index (κ1) is 18.1. The van der Waals surface area contributed by atoms with Crippen LogP contribution in [0.25, 0.3) is 11.0 Å². The Labute approximate surface area is 152 Å². The minimum absolute atomic E-state index is 0.189. The predicted octanol–water partition coefficient (Wildman–Crippen LogP) is 2.87. The minimum atomic E-state index is -3.69. The maximum absolute atomic E-state index is 12.4. The molecule has 26 heavy (non-hydrogen) atoms. The number of nitrogens with one attached hydrogen (secondary N) is 1. The van der Waals surface area contributed by atoms with Crippen molar-refractivity contribution in [3.05, 3.63) is 54.1 Å². The molecular weight excluding hydrogens is 350 g/mol. The lowest BCUT2D eigenvalue weighted by atomic mass is 10.2. The Bertz CT molecular complexity index is 1020. The minimum Gasteiger partial charge on any atom is -0.239 e. The van der Waals surface area contributed by atoms with Crippen molar-refractivity contribution in [3.63, 3.8) is 0 Å². The monoisotopic (exact) mass is 371 g/mol. The van der Waals surface area contributed by atoms with Gasteiger partial charge in [0.1, 0.15) is 5.52 Å². The van der Waals surface area contributed by atoms with Crippen LogP contribution in [-0.4, -0.2) is 29.1 Å². The number of aromatic nitrogens is 3. The summed E-state index contributed by atoms with van der Waals surface area (Å²) in [5.74, 6) is 0. The van der Waals surface area contributed by atoms with Crippen LogP contribution in [0.1, 0.15) is 25.3 Å². The fourth-order valence-electron chi connectivity index (χ4n) is 2.56. The Hall–Kier alpha value is -2.74. The van der Waals surface area contributed by atoms with Crippen molar-refractivity contribution >= 4 is 26.8 Å². The SMILES string of the molecule is CCCC(Cn1nnc2ccccc21)=NNS(=O)(=O)c1ccc(C)cc1. The molecule has 0 bridgehead atoms. The molecule has 0 unspecified atom stereocenters. The molecule has 0 fully saturated rings. The van der Waals surface area contributed by atoms with Crippen LogP contribution >= 0.6 is 0 Å². The van der Waals surface area contributed by atoms with E-state index in [0.717, 1.165) is 23.0 Å². The average molecular weight is 371 g/mol. The van der Waals surface area contributed by atoms with E-state index in [0.29, 0.717) is 18.7 Å². The summed E-state index contributed by atoms with van der Waals surface area (Å²) in [4.78, 5) is 2.53. The number of benzene rings is 2. The molecular formula is C18H21N5O2S. The van der Waals surface area contributed by atoms with Crippen molar-refractivity contribution in [1.82, 2.24) is 19.8 Å². The van der Waals surface area contributed by atoms with E-state index in [2.05, 4.69) is 20.2 Å². The van der Waals surface area contributed by atoms with Gasteiger partial charge >= 0.3 is 0 Å². The third-order valence-electron chi connectivity index (χ3n) is 3.95. The summed E-state index contributed by atoms with van der Waals surface area (Å²) in [6.07, 6.45) is 1.50. The highest BCUT2D eigenvalue weighted by atomic mass is 32.2. The highest BCUT2D eigenvalue weighted by Crippen LogP contribution is 2.12. The Balaban J connectivity index is 1.82. The topological polar surface area (TPSA) is 89.2 Å². The van der Waals surface area contributed by atoms with E-state index in [1.54, 1.807) is 28.9 Å². The number of aryl methyl sites for hydroxylation is 1. The molecule has 1 heterocycles. The molecule has 0 aliphatic rings. The number of rotatable bonds is 7. The van der Waals surface area contributed by atoms with Gasteiger partial charge in [0, 0.05) is 0 Å². The maximum atomic E-state index is 12.4. The lowest BCUT2D eigenvalue weighted by Crippen LogP contribution is -2.22. The van der Waals surface area contributed by atoms with Gasteiger partial charge in [-0.1, -0.05) is 48.4 Å². The number of sulfonamides is 1. The molecule has 0 aliphatic carbocycles. The third-order valence-corrected chi connectivity index (χ3v) is 5.17. The number of hydrazone groups is 1. The van der Waals surface area contributed by atoms with Crippen molar-refractivity contribution in [3.8, 4) is 0 Å². The van der Waals surface area contributed by atoms with Gasteiger partial charge in [-0.3, -0.25) is 0 Å². The fraction of sp³-hybridized carbons (Fsp3) is 0.278. The highest BCUT2D eigenvalue weighted by molar-refractivity contribution is 7.89. The van der Waals surface area contributed by atoms with E-state index < -0.39 is 10.0 Å². The van der Waals surface area contributed by atoms with Gasteiger partial charge < -0.3 is 0 Å². The number of hydrogen-bond donors (Lipinski definition) is 1. The number of para-hydroxylation sites is 1. The van der Waals surface area contributed by atoms with Crippen LogP contribution in [0.2, 0.25) is 0 Å². The summed E-state index contributed by atoms with van der Waals surface area (Å²) in [5, 5.41) is 12.4. The zero-order valence-electron chi connectivity index (χ0n) is 14.8. The molecule has 3 aromatic rings. The summed E-state index contributed by atoms with van der Waals surface area (Å²) < 4.78 is 26.6. The average Bonchev–Trinajstić information content (AvgIpc) is 3.03. The van der Waals surface area contributed by atoms with Crippen molar-refractivity contribution in [1.29, 1.82) is 0 Å². The molecule has 1 aromatic heterocycles. The molecule has 1 N–H and O–H groups in total. The molecule has 0 radical (unpaired) electrons. The molecule has 0 spiro atoms. The number of nitrogens with zero attached hydrogens (tertiary/aromatic N) is 4. The molecule has 3 rings (SSSR count). The predicted molar refractivity (Wildman–Crippen MR) is 101 cm³/mol. The molecule has 0 saturated carbocycles. The van der Waals surface area contributed by atoms with Crippen LogP contribution < -0.4 is 4.83 Å². The molecule has 0 amide bonds. The second-order valence-corrected chi connectivity index (χ2v) is 7.73. The zero-order valence-corrected chi connectivity index (χ0v) is 15.6. The van der Waals surface area contributed by atoms with E-state index in [1.165, 1.54) is 0 Å². The maximum Gasteiger partial charge on any atom is 0.276 e. The quantitative estimate of drug-likeness (QED) is 0.511. The summed E-state index contributed by atoms with van der Waals surface area (Å²) in [5.41, 5.74) is 3.37. The van der Waals surface area contributed by atoms with Crippen molar-refractivity contribution < 1.29 is 8.42 Å². The van der Waals surface area contributed by atoms with Gasteiger partial charge in [-0.15, -0.1) is 5.10 Å². The lowest BCUT2D eigenvalue weighted by molar-refractivity contribution is 0.583. The van der Waals surface area contributed by atoms with E-state index in [1.807, 2.05) is 38.1 Å². The molecule has 2 aromatic carbocycles. The molecule has 136 valence electrons. The largest absolute Gasteiger partial charge is 0.276 e. The van der Waals surface area contributed by atoms with Gasteiger partial charge in [-0.25, -0.2) is 9.51 Å². The summed E-state index contributed by atoms with van der Waals surface area (Å²) in [6, 6.07) is 14.3. The van der Waals surface area contributed by atoms with E-state index in [9.17, 15) is 8.42 Å². The summed E-state index contributed by atoms with van der Waals surface area (Å²) in [6.45, 7) is 4.30. The van der Waals surface area contributed by atoms with Gasteiger partial charge in [-0.2, -0.15) is 13.5 Å². The molecule has 8 heteroatoms. The van der Waals surface area contributed by atoms with Gasteiger partial charge in [0.25, 0.3) is 10.0 Å². The third kappa shape index (κ3) is 4.08. The molecule has 0 aliphatic heterocycles. The van der Waals surface area contributed by atoms with Crippen LogP contribution in [0.15, 0.2) is 58.5 Å². The standard InChI is InChI=1S/C18H21N5O2S/c1-3-6-15(13-23-18-8-5-4-7-17(18)20-21-23)19-22-26(24,25)16-11-9-14(2)10-12-16/h4-5,7-12,22H,3,6,13H2,1-2H3. The highest BCUT2D eigenvalue weighted by Gasteiger charge is 2.14. The smallest absolute Gasteiger partial charge is 0.239 e.